The van der Waals surface area contributed by atoms with E-state index in [0.717, 1.165) is 6.07 Å². The fourth-order valence-corrected chi connectivity index (χ4v) is 1.69. The highest BCUT2D eigenvalue weighted by molar-refractivity contribution is 6.31. The highest BCUT2D eigenvalue weighted by Crippen LogP contribution is 2.28. The molecule has 16 heavy (non-hydrogen) atoms. The van der Waals surface area contributed by atoms with Crippen molar-refractivity contribution in [3.8, 4) is 16.9 Å². The van der Waals surface area contributed by atoms with Gasteiger partial charge in [0.25, 0.3) is 0 Å². The monoisotopic (exact) mass is 240 g/mol. The van der Waals surface area contributed by atoms with Crippen LogP contribution in [0.25, 0.3) is 11.1 Å². The first-order chi connectivity index (χ1) is 7.54. The van der Waals surface area contributed by atoms with Crippen LogP contribution in [0.4, 0.5) is 8.78 Å². The molecule has 0 saturated heterocycles. The largest absolute Gasteiger partial charge is 0.508 e. The molecule has 2 aromatic rings. The second-order valence-electron chi connectivity index (χ2n) is 3.36. The average Bonchev–Trinajstić information content (AvgIpc) is 2.14. The highest BCUT2D eigenvalue weighted by Gasteiger charge is 2.05. The molecule has 0 heterocycles. The van der Waals surface area contributed by atoms with Gasteiger partial charge in [0.1, 0.15) is 17.4 Å². The van der Waals surface area contributed by atoms with Gasteiger partial charge in [-0.1, -0.05) is 11.6 Å². The zero-order chi connectivity index (χ0) is 11.7. The van der Waals surface area contributed by atoms with Crippen molar-refractivity contribution in [1.29, 1.82) is 0 Å². The van der Waals surface area contributed by atoms with E-state index in [1.54, 1.807) is 0 Å². The Kier molecular flexibility index (Phi) is 2.79. The second kappa shape index (κ2) is 4.10. The maximum atomic E-state index is 13.0. The van der Waals surface area contributed by atoms with Gasteiger partial charge in [0.05, 0.1) is 0 Å². The molecule has 1 N–H and O–H groups in total. The molecule has 0 aliphatic carbocycles. The van der Waals surface area contributed by atoms with E-state index in [-0.39, 0.29) is 5.75 Å². The molecule has 82 valence electrons. The van der Waals surface area contributed by atoms with Crippen LogP contribution < -0.4 is 0 Å². The van der Waals surface area contributed by atoms with Crippen LogP contribution in [0.15, 0.2) is 36.4 Å². The summed E-state index contributed by atoms with van der Waals surface area (Å²) in [4.78, 5) is 0. The maximum Gasteiger partial charge on any atom is 0.126 e. The van der Waals surface area contributed by atoms with Crippen molar-refractivity contribution in [2.45, 2.75) is 0 Å². The summed E-state index contributed by atoms with van der Waals surface area (Å²) in [6.07, 6.45) is 0. The summed E-state index contributed by atoms with van der Waals surface area (Å²) in [7, 11) is 0. The third kappa shape index (κ3) is 2.31. The van der Waals surface area contributed by atoms with E-state index in [4.69, 9.17) is 11.6 Å². The van der Waals surface area contributed by atoms with Crippen molar-refractivity contribution >= 4 is 11.6 Å². The number of hydrogen-bond acceptors (Lipinski definition) is 1. The Morgan fingerprint density at radius 3 is 1.94 bits per heavy atom. The summed E-state index contributed by atoms with van der Waals surface area (Å²) in [6, 6.07) is 7.40. The van der Waals surface area contributed by atoms with Crippen molar-refractivity contribution in [2.75, 3.05) is 0 Å². The van der Waals surface area contributed by atoms with Gasteiger partial charge in [-0.15, -0.1) is 0 Å². The van der Waals surface area contributed by atoms with E-state index in [2.05, 4.69) is 0 Å². The zero-order valence-electron chi connectivity index (χ0n) is 8.05. The SMILES string of the molecule is Oc1cc(Cl)cc(-c2cc(F)cc(F)c2)c1. The molecule has 0 aromatic heterocycles. The summed E-state index contributed by atoms with van der Waals surface area (Å²) in [5.41, 5.74) is 0.790. The van der Waals surface area contributed by atoms with Gasteiger partial charge < -0.3 is 5.11 Å². The van der Waals surface area contributed by atoms with Gasteiger partial charge in [0, 0.05) is 11.1 Å². The molecule has 0 unspecified atom stereocenters. The number of phenolic OH excluding ortho intramolecular Hbond substituents is 1. The Hall–Kier alpha value is -1.61. The van der Waals surface area contributed by atoms with E-state index in [1.807, 2.05) is 0 Å². The molecule has 4 heteroatoms. The summed E-state index contributed by atoms with van der Waals surface area (Å²) in [5, 5.41) is 9.63. The standard InChI is InChI=1S/C12H7ClF2O/c13-9-1-7(4-12(16)5-9)8-2-10(14)6-11(15)3-8/h1-6,16H. The van der Waals surface area contributed by atoms with Gasteiger partial charge in [-0.25, -0.2) is 8.78 Å². The molecule has 0 spiro atoms. The average molecular weight is 241 g/mol. The lowest BCUT2D eigenvalue weighted by Crippen LogP contribution is -1.84. The van der Waals surface area contributed by atoms with Crippen LogP contribution in [0.5, 0.6) is 5.75 Å². The lowest BCUT2D eigenvalue weighted by molar-refractivity contribution is 0.475. The Labute approximate surface area is 95.9 Å². The molecule has 0 bridgehead atoms. The minimum absolute atomic E-state index is 0.0489. The lowest BCUT2D eigenvalue weighted by atomic mass is 10.1. The molecule has 0 fully saturated rings. The van der Waals surface area contributed by atoms with Gasteiger partial charge in [0.15, 0.2) is 0 Å². The normalized spacial score (nSPS) is 10.4. The van der Waals surface area contributed by atoms with Crippen LogP contribution in [0.1, 0.15) is 0 Å². The minimum atomic E-state index is -0.672. The van der Waals surface area contributed by atoms with Crippen molar-refractivity contribution in [3.63, 3.8) is 0 Å². The molecule has 0 aliphatic rings. The van der Waals surface area contributed by atoms with Gasteiger partial charge in [0.2, 0.25) is 0 Å². The number of aromatic hydroxyl groups is 1. The quantitative estimate of drug-likeness (QED) is 0.799. The summed E-state index contributed by atoms with van der Waals surface area (Å²) in [6.45, 7) is 0. The van der Waals surface area contributed by atoms with Crippen molar-refractivity contribution in [1.82, 2.24) is 0 Å². The summed E-state index contributed by atoms with van der Waals surface area (Å²) < 4.78 is 26.0. The Morgan fingerprint density at radius 2 is 1.38 bits per heavy atom. The predicted octanol–water partition coefficient (Wildman–Crippen LogP) is 3.99. The topological polar surface area (TPSA) is 20.2 Å². The first kappa shape index (κ1) is 10.9. The molecular formula is C12H7ClF2O. The van der Waals surface area contributed by atoms with Crippen LogP contribution in [-0.2, 0) is 0 Å². The van der Waals surface area contributed by atoms with E-state index in [0.29, 0.717) is 16.1 Å². The molecule has 1 nitrogen and oxygen atoms in total. The number of benzene rings is 2. The Morgan fingerprint density at radius 1 is 0.812 bits per heavy atom. The molecule has 0 saturated carbocycles. The third-order valence-electron chi connectivity index (χ3n) is 2.08. The second-order valence-corrected chi connectivity index (χ2v) is 3.79. The van der Waals surface area contributed by atoms with Crippen LogP contribution in [0.3, 0.4) is 0 Å². The van der Waals surface area contributed by atoms with Crippen LogP contribution in [-0.4, -0.2) is 5.11 Å². The van der Waals surface area contributed by atoms with Crippen LogP contribution in [0, 0.1) is 11.6 Å². The first-order valence-corrected chi connectivity index (χ1v) is 4.88. The number of rotatable bonds is 1. The van der Waals surface area contributed by atoms with Crippen molar-refractivity contribution in [2.24, 2.45) is 0 Å². The molecule has 0 amide bonds. The third-order valence-corrected chi connectivity index (χ3v) is 2.30. The van der Waals surface area contributed by atoms with Crippen LogP contribution >= 0.6 is 11.6 Å². The number of halogens is 3. The van der Waals surface area contributed by atoms with Gasteiger partial charge >= 0.3 is 0 Å². The van der Waals surface area contributed by atoms with E-state index in [1.165, 1.54) is 30.3 Å². The molecular weight excluding hydrogens is 234 g/mol. The molecule has 0 aliphatic heterocycles. The molecule has 0 atom stereocenters. The molecule has 2 rings (SSSR count). The first-order valence-electron chi connectivity index (χ1n) is 4.50. The van der Waals surface area contributed by atoms with E-state index < -0.39 is 11.6 Å². The van der Waals surface area contributed by atoms with E-state index >= 15 is 0 Å². The van der Waals surface area contributed by atoms with Crippen LogP contribution in [0.2, 0.25) is 5.02 Å². The van der Waals surface area contributed by atoms with E-state index in [9.17, 15) is 13.9 Å². The molecule has 0 radical (unpaired) electrons. The van der Waals surface area contributed by atoms with Crippen molar-refractivity contribution < 1.29 is 13.9 Å². The number of hydrogen-bond donors (Lipinski definition) is 1. The lowest BCUT2D eigenvalue weighted by Gasteiger charge is -2.04. The van der Waals surface area contributed by atoms with Gasteiger partial charge in [-0.2, -0.15) is 0 Å². The summed E-state index contributed by atoms with van der Waals surface area (Å²) in [5.74, 6) is -1.39. The maximum absolute atomic E-state index is 13.0. The fourth-order valence-electron chi connectivity index (χ4n) is 1.46. The smallest absolute Gasteiger partial charge is 0.126 e. The Bertz CT molecular complexity index is 451. The predicted molar refractivity (Wildman–Crippen MR) is 58.5 cm³/mol. The fraction of sp³-hybridized carbons (Fsp3) is 0. The minimum Gasteiger partial charge on any atom is -0.508 e. The Balaban J connectivity index is 2.57. The van der Waals surface area contributed by atoms with Gasteiger partial charge in [-0.3, -0.25) is 0 Å². The van der Waals surface area contributed by atoms with Crippen molar-refractivity contribution in [3.05, 3.63) is 53.1 Å². The highest BCUT2D eigenvalue weighted by atomic mass is 35.5. The summed E-state index contributed by atoms with van der Waals surface area (Å²) >= 11 is 5.73. The zero-order valence-corrected chi connectivity index (χ0v) is 8.80. The van der Waals surface area contributed by atoms with Gasteiger partial charge in [-0.05, 0) is 41.5 Å². The molecule has 2 aromatic carbocycles. The number of phenols is 1.